The summed E-state index contributed by atoms with van der Waals surface area (Å²) >= 11 is 5.97. The quantitative estimate of drug-likeness (QED) is 0.672. The van der Waals surface area contributed by atoms with Gasteiger partial charge in [0.15, 0.2) is 0 Å². The second-order valence-corrected chi connectivity index (χ2v) is 4.75. The van der Waals surface area contributed by atoms with Crippen LogP contribution in [0.4, 0.5) is 15.8 Å². The summed E-state index contributed by atoms with van der Waals surface area (Å²) in [6.45, 7) is 0. The largest absolute Gasteiger partial charge is 0.465 e. The molecule has 2 aromatic rings. The molecule has 0 bridgehead atoms. The number of hydrogen-bond acceptors (Lipinski definition) is 4. The van der Waals surface area contributed by atoms with Crippen LogP contribution in [0.15, 0.2) is 36.4 Å². The van der Waals surface area contributed by atoms with Crippen molar-refractivity contribution in [2.45, 2.75) is 0 Å². The molecular weight excluding hydrogens is 311 g/mol. The molecular formula is C15H12ClFN2O3. The summed E-state index contributed by atoms with van der Waals surface area (Å²) in [6.07, 6.45) is 0. The topological polar surface area (TPSA) is 81.4 Å². The van der Waals surface area contributed by atoms with Gasteiger partial charge in [-0.2, -0.15) is 0 Å². The molecule has 0 heterocycles. The Morgan fingerprint density at radius 1 is 1.27 bits per heavy atom. The maximum atomic E-state index is 13.4. The highest BCUT2D eigenvalue weighted by atomic mass is 35.5. The van der Waals surface area contributed by atoms with E-state index in [0.29, 0.717) is 0 Å². The van der Waals surface area contributed by atoms with Gasteiger partial charge in [-0.25, -0.2) is 9.18 Å². The molecule has 0 spiro atoms. The summed E-state index contributed by atoms with van der Waals surface area (Å²) in [5.74, 6) is -1.90. The Hall–Kier alpha value is -2.60. The number of nitrogens with two attached hydrogens (primary N) is 1. The van der Waals surface area contributed by atoms with E-state index < -0.39 is 17.7 Å². The minimum atomic E-state index is -0.693. The number of carbonyl (C=O) groups excluding carboxylic acids is 2. The van der Waals surface area contributed by atoms with Crippen LogP contribution < -0.4 is 11.1 Å². The molecule has 0 aliphatic rings. The number of esters is 1. The summed E-state index contributed by atoms with van der Waals surface area (Å²) in [5.41, 5.74) is 5.65. The van der Waals surface area contributed by atoms with Crippen LogP contribution in [0.2, 0.25) is 5.02 Å². The van der Waals surface area contributed by atoms with Gasteiger partial charge in [0, 0.05) is 0 Å². The summed E-state index contributed by atoms with van der Waals surface area (Å²) in [7, 11) is 1.24. The fourth-order valence-corrected chi connectivity index (χ4v) is 1.96. The van der Waals surface area contributed by atoms with E-state index in [9.17, 15) is 14.0 Å². The Kier molecular flexibility index (Phi) is 4.62. The minimum absolute atomic E-state index is 0.0282. The Labute approximate surface area is 130 Å². The van der Waals surface area contributed by atoms with Crippen LogP contribution in [0.5, 0.6) is 0 Å². The molecule has 0 radical (unpaired) electrons. The molecule has 0 saturated carbocycles. The molecule has 114 valence electrons. The number of amides is 1. The zero-order valence-electron chi connectivity index (χ0n) is 11.5. The monoisotopic (exact) mass is 322 g/mol. The number of methoxy groups -OCH3 is 1. The van der Waals surface area contributed by atoms with Crippen molar-refractivity contribution >= 4 is 34.9 Å². The van der Waals surface area contributed by atoms with E-state index in [2.05, 4.69) is 10.1 Å². The predicted octanol–water partition coefficient (Wildman–Crippen LogP) is 3.10. The van der Waals surface area contributed by atoms with E-state index in [-0.39, 0.29) is 27.5 Å². The average Bonchev–Trinajstić information content (AvgIpc) is 2.51. The molecule has 2 rings (SSSR count). The molecule has 5 nitrogen and oxygen atoms in total. The summed E-state index contributed by atoms with van der Waals surface area (Å²) < 4.78 is 18.0. The molecule has 0 fully saturated rings. The number of nitrogen functional groups attached to an aromatic ring is 1. The number of carbonyl (C=O) groups is 2. The van der Waals surface area contributed by atoms with E-state index in [1.54, 1.807) is 0 Å². The van der Waals surface area contributed by atoms with Crippen LogP contribution in [-0.2, 0) is 4.74 Å². The van der Waals surface area contributed by atoms with Gasteiger partial charge in [-0.1, -0.05) is 17.7 Å². The van der Waals surface area contributed by atoms with E-state index in [1.165, 1.54) is 37.4 Å². The molecule has 0 aliphatic heterocycles. The first-order chi connectivity index (χ1) is 10.4. The van der Waals surface area contributed by atoms with Gasteiger partial charge in [0.1, 0.15) is 5.82 Å². The highest BCUT2D eigenvalue weighted by Gasteiger charge is 2.15. The third-order valence-corrected chi connectivity index (χ3v) is 3.26. The number of rotatable bonds is 3. The lowest BCUT2D eigenvalue weighted by Gasteiger charge is -2.10. The van der Waals surface area contributed by atoms with Crippen molar-refractivity contribution in [3.63, 3.8) is 0 Å². The molecule has 22 heavy (non-hydrogen) atoms. The summed E-state index contributed by atoms with van der Waals surface area (Å²) in [6, 6.07) is 8.16. The zero-order valence-corrected chi connectivity index (χ0v) is 12.3. The summed E-state index contributed by atoms with van der Waals surface area (Å²) in [5, 5.41) is 2.71. The van der Waals surface area contributed by atoms with Crippen molar-refractivity contribution < 1.29 is 18.7 Å². The molecule has 0 aromatic heterocycles. The van der Waals surface area contributed by atoms with Crippen LogP contribution in [0.1, 0.15) is 20.7 Å². The molecule has 0 atom stereocenters. The van der Waals surface area contributed by atoms with Crippen LogP contribution in [0.3, 0.4) is 0 Å². The Bertz CT molecular complexity index is 750. The van der Waals surface area contributed by atoms with E-state index in [1.807, 2.05) is 0 Å². The van der Waals surface area contributed by atoms with Gasteiger partial charge < -0.3 is 15.8 Å². The number of anilines is 2. The Morgan fingerprint density at radius 3 is 2.68 bits per heavy atom. The summed E-state index contributed by atoms with van der Waals surface area (Å²) in [4.78, 5) is 23.6. The van der Waals surface area contributed by atoms with Crippen LogP contribution in [-0.4, -0.2) is 19.0 Å². The van der Waals surface area contributed by atoms with E-state index >= 15 is 0 Å². The molecule has 2 aromatic carbocycles. The number of halogens is 2. The van der Waals surface area contributed by atoms with E-state index in [4.69, 9.17) is 17.3 Å². The van der Waals surface area contributed by atoms with Gasteiger partial charge in [-0.15, -0.1) is 0 Å². The lowest BCUT2D eigenvalue weighted by atomic mass is 10.1. The van der Waals surface area contributed by atoms with Crippen LogP contribution >= 0.6 is 11.6 Å². The van der Waals surface area contributed by atoms with E-state index in [0.717, 1.165) is 6.07 Å². The first kappa shape index (κ1) is 15.8. The molecule has 0 unspecified atom stereocenters. The standard InChI is InChI=1S/C15H12ClFN2O3/c1-22-15(21)8-5-6-10(16)12(7-8)19-14(20)9-3-2-4-11(17)13(9)18/h2-7H,18H2,1H3,(H,19,20). The van der Waals surface area contributed by atoms with Crippen LogP contribution in [0, 0.1) is 5.82 Å². The average molecular weight is 323 g/mol. The fourth-order valence-electron chi connectivity index (χ4n) is 1.79. The normalized spacial score (nSPS) is 10.1. The highest BCUT2D eigenvalue weighted by Crippen LogP contribution is 2.25. The maximum Gasteiger partial charge on any atom is 0.337 e. The van der Waals surface area contributed by atoms with Crippen molar-refractivity contribution in [1.29, 1.82) is 0 Å². The third-order valence-electron chi connectivity index (χ3n) is 2.93. The number of para-hydroxylation sites is 1. The fraction of sp³-hybridized carbons (Fsp3) is 0.0667. The minimum Gasteiger partial charge on any atom is -0.465 e. The van der Waals surface area contributed by atoms with Gasteiger partial charge in [0.2, 0.25) is 0 Å². The van der Waals surface area contributed by atoms with Gasteiger partial charge in [-0.05, 0) is 30.3 Å². The molecule has 1 amide bonds. The first-order valence-corrected chi connectivity index (χ1v) is 6.55. The maximum absolute atomic E-state index is 13.4. The number of hydrogen-bond donors (Lipinski definition) is 2. The number of nitrogens with one attached hydrogen (secondary N) is 1. The Morgan fingerprint density at radius 2 is 2.00 bits per heavy atom. The SMILES string of the molecule is COC(=O)c1ccc(Cl)c(NC(=O)c2cccc(F)c2N)c1. The second-order valence-electron chi connectivity index (χ2n) is 4.34. The molecule has 0 aliphatic carbocycles. The van der Waals surface area contributed by atoms with Gasteiger partial charge in [0.05, 0.1) is 34.6 Å². The van der Waals surface area contributed by atoms with Crippen LogP contribution in [0.25, 0.3) is 0 Å². The van der Waals surface area contributed by atoms with Gasteiger partial charge in [-0.3, -0.25) is 4.79 Å². The first-order valence-electron chi connectivity index (χ1n) is 6.17. The predicted molar refractivity (Wildman–Crippen MR) is 81.6 cm³/mol. The lowest BCUT2D eigenvalue weighted by molar-refractivity contribution is 0.0600. The van der Waals surface area contributed by atoms with Crippen molar-refractivity contribution in [2.75, 3.05) is 18.2 Å². The second kappa shape index (κ2) is 6.44. The third kappa shape index (κ3) is 3.17. The highest BCUT2D eigenvalue weighted by molar-refractivity contribution is 6.34. The zero-order chi connectivity index (χ0) is 16.3. The molecule has 3 N–H and O–H groups in total. The number of benzene rings is 2. The van der Waals surface area contributed by atoms with Crippen molar-refractivity contribution in [3.05, 3.63) is 58.4 Å². The molecule has 0 saturated heterocycles. The smallest absolute Gasteiger partial charge is 0.337 e. The van der Waals surface area contributed by atoms with Gasteiger partial charge in [0.25, 0.3) is 5.91 Å². The lowest BCUT2D eigenvalue weighted by Crippen LogP contribution is -2.15. The Balaban J connectivity index is 2.32. The van der Waals surface area contributed by atoms with Crippen molar-refractivity contribution in [3.8, 4) is 0 Å². The van der Waals surface area contributed by atoms with Crippen molar-refractivity contribution in [2.24, 2.45) is 0 Å². The number of ether oxygens (including phenoxy) is 1. The van der Waals surface area contributed by atoms with Crippen molar-refractivity contribution in [1.82, 2.24) is 0 Å². The van der Waals surface area contributed by atoms with Gasteiger partial charge >= 0.3 is 5.97 Å². The molecule has 7 heteroatoms.